The molecule has 1 aliphatic rings. The second-order valence-electron chi connectivity index (χ2n) is 7.29. The van der Waals surface area contributed by atoms with E-state index in [4.69, 9.17) is 25.8 Å². The third kappa shape index (κ3) is 3.86. The number of methoxy groups -OCH3 is 1. The van der Waals surface area contributed by atoms with E-state index in [9.17, 15) is 4.79 Å². The van der Waals surface area contributed by atoms with Gasteiger partial charge in [0.15, 0.2) is 6.29 Å². The van der Waals surface area contributed by atoms with Crippen molar-refractivity contribution in [1.29, 1.82) is 0 Å². The first-order valence-electron chi connectivity index (χ1n) is 9.76. The highest BCUT2D eigenvalue weighted by Gasteiger charge is 2.26. The Balaban J connectivity index is 1.82. The number of fused-ring (bicyclic) bond motifs is 1. The van der Waals surface area contributed by atoms with Gasteiger partial charge in [0, 0.05) is 46.4 Å². The fraction of sp³-hybridized carbons (Fsp3) is 0.429. The molecule has 2 aromatic heterocycles. The number of esters is 1. The van der Waals surface area contributed by atoms with Crippen LogP contribution in [0.15, 0.2) is 12.1 Å². The van der Waals surface area contributed by atoms with Gasteiger partial charge in [0.2, 0.25) is 0 Å². The van der Waals surface area contributed by atoms with Crippen LogP contribution in [0.4, 0.5) is 0 Å². The maximum atomic E-state index is 12.2. The topological polar surface area (TPSA) is 78.4 Å². The molecule has 1 aromatic carbocycles. The van der Waals surface area contributed by atoms with Crippen molar-refractivity contribution in [3.8, 4) is 11.1 Å². The van der Waals surface area contributed by atoms with Crippen LogP contribution < -0.4 is 0 Å². The SMILES string of the molecule is COC(=O)c1[nH]c2ccc(Cl)c(-c3c(COC4CCCCO4)nn(C)c3C)c2c1I. The number of benzene rings is 1. The van der Waals surface area contributed by atoms with Gasteiger partial charge in [0.1, 0.15) is 5.69 Å². The second kappa shape index (κ2) is 8.86. The quantitative estimate of drug-likeness (QED) is 0.363. The third-order valence-corrected chi connectivity index (χ3v) is 6.84. The van der Waals surface area contributed by atoms with Crippen LogP contribution in [0.3, 0.4) is 0 Å². The van der Waals surface area contributed by atoms with E-state index in [1.165, 1.54) is 7.11 Å². The molecule has 1 atom stereocenters. The molecule has 0 saturated carbocycles. The third-order valence-electron chi connectivity index (χ3n) is 5.44. The van der Waals surface area contributed by atoms with Gasteiger partial charge in [-0.25, -0.2) is 4.79 Å². The zero-order chi connectivity index (χ0) is 21.4. The van der Waals surface area contributed by atoms with Crippen molar-refractivity contribution in [3.63, 3.8) is 0 Å². The Morgan fingerprint density at radius 2 is 2.20 bits per heavy atom. The van der Waals surface area contributed by atoms with E-state index in [-0.39, 0.29) is 6.29 Å². The molecule has 1 saturated heterocycles. The zero-order valence-corrected chi connectivity index (χ0v) is 20.0. The molecule has 0 aliphatic carbocycles. The van der Waals surface area contributed by atoms with Crippen LogP contribution in [0, 0.1) is 10.5 Å². The molecular weight excluding hydrogens is 521 g/mol. The van der Waals surface area contributed by atoms with Crippen LogP contribution in [0.5, 0.6) is 0 Å². The van der Waals surface area contributed by atoms with Gasteiger partial charge in [0.05, 0.1) is 23.0 Å². The molecule has 1 N–H and O–H groups in total. The molecule has 30 heavy (non-hydrogen) atoms. The lowest BCUT2D eigenvalue weighted by molar-refractivity contribution is -0.169. The number of aromatic nitrogens is 3. The van der Waals surface area contributed by atoms with E-state index >= 15 is 0 Å². The Labute approximate surface area is 193 Å². The van der Waals surface area contributed by atoms with Crippen molar-refractivity contribution in [3.05, 3.63) is 37.8 Å². The summed E-state index contributed by atoms with van der Waals surface area (Å²) in [5.74, 6) is -0.418. The van der Waals surface area contributed by atoms with Crippen LogP contribution >= 0.6 is 34.2 Å². The molecule has 3 aromatic rings. The molecule has 3 heterocycles. The zero-order valence-electron chi connectivity index (χ0n) is 17.1. The summed E-state index contributed by atoms with van der Waals surface area (Å²) in [5, 5.41) is 6.14. The smallest absolute Gasteiger partial charge is 0.355 e. The highest BCUT2D eigenvalue weighted by molar-refractivity contribution is 14.1. The largest absolute Gasteiger partial charge is 0.464 e. The number of rotatable bonds is 5. The molecule has 0 amide bonds. The highest BCUT2D eigenvalue weighted by atomic mass is 127. The molecule has 1 aliphatic heterocycles. The first-order valence-corrected chi connectivity index (χ1v) is 11.2. The minimum atomic E-state index is -0.418. The number of nitrogens with zero attached hydrogens (tertiary/aromatic N) is 2. The van der Waals surface area contributed by atoms with Crippen molar-refractivity contribution in [2.75, 3.05) is 13.7 Å². The Bertz CT molecular complexity index is 1100. The van der Waals surface area contributed by atoms with E-state index in [1.54, 1.807) is 0 Å². The van der Waals surface area contributed by atoms with Gasteiger partial charge in [-0.3, -0.25) is 4.68 Å². The van der Waals surface area contributed by atoms with Gasteiger partial charge in [0.25, 0.3) is 0 Å². The van der Waals surface area contributed by atoms with Gasteiger partial charge in [-0.15, -0.1) is 0 Å². The highest BCUT2D eigenvalue weighted by Crippen LogP contribution is 2.42. The maximum absolute atomic E-state index is 12.2. The molecule has 4 rings (SSSR count). The molecule has 9 heteroatoms. The summed E-state index contributed by atoms with van der Waals surface area (Å²) in [6.45, 7) is 3.04. The van der Waals surface area contributed by atoms with E-state index < -0.39 is 5.97 Å². The molecule has 160 valence electrons. The molecule has 1 fully saturated rings. The van der Waals surface area contributed by atoms with Gasteiger partial charge in [-0.1, -0.05) is 11.6 Å². The van der Waals surface area contributed by atoms with Gasteiger partial charge in [-0.05, 0) is 60.9 Å². The van der Waals surface area contributed by atoms with Crippen molar-refractivity contribution in [1.82, 2.24) is 14.8 Å². The number of hydrogen-bond acceptors (Lipinski definition) is 5. The average molecular weight is 544 g/mol. The van der Waals surface area contributed by atoms with Gasteiger partial charge in [-0.2, -0.15) is 5.10 Å². The summed E-state index contributed by atoms with van der Waals surface area (Å²) in [5.41, 5.74) is 4.71. The van der Waals surface area contributed by atoms with Crippen molar-refractivity contribution in [2.24, 2.45) is 7.05 Å². The van der Waals surface area contributed by atoms with Crippen LogP contribution in [0.1, 0.15) is 41.1 Å². The van der Waals surface area contributed by atoms with Gasteiger partial charge >= 0.3 is 5.97 Å². The number of aromatic amines is 1. The summed E-state index contributed by atoms with van der Waals surface area (Å²) in [6, 6.07) is 3.70. The number of halogens is 2. The Hall–Kier alpha value is -1.62. The van der Waals surface area contributed by atoms with Crippen molar-refractivity contribution < 1.29 is 19.0 Å². The molecule has 1 unspecified atom stereocenters. The average Bonchev–Trinajstić information content (AvgIpc) is 3.23. The lowest BCUT2D eigenvalue weighted by Gasteiger charge is -2.22. The predicted molar refractivity (Wildman–Crippen MR) is 123 cm³/mol. The molecule has 7 nitrogen and oxygen atoms in total. The van der Waals surface area contributed by atoms with E-state index in [0.29, 0.717) is 17.3 Å². The van der Waals surface area contributed by atoms with E-state index in [1.807, 2.05) is 30.8 Å². The molecule has 0 bridgehead atoms. The van der Waals surface area contributed by atoms with Crippen LogP contribution in [0.25, 0.3) is 22.0 Å². The lowest BCUT2D eigenvalue weighted by Crippen LogP contribution is -2.22. The van der Waals surface area contributed by atoms with Crippen molar-refractivity contribution >= 4 is 51.1 Å². The van der Waals surface area contributed by atoms with Crippen LogP contribution in [-0.2, 0) is 27.9 Å². The van der Waals surface area contributed by atoms with Crippen LogP contribution in [0.2, 0.25) is 5.02 Å². The summed E-state index contributed by atoms with van der Waals surface area (Å²) >= 11 is 8.86. The summed E-state index contributed by atoms with van der Waals surface area (Å²) in [7, 11) is 3.27. The number of carbonyl (C=O) groups excluding carboxylic acids is 1. The Morgan fingerprint density at radius 3 is 2.90 bits per heavy atom. The predicted octanol–water partition coefficient (Wildman–Crippen LogP) is 4.96. The summed E-state index contributed by atoms with van der Waals surface area (Å²) in [4.78, 5) is 15.4. The summed E-state index contributed by atoms with van der Waals surface area (Å²) in [6.07, 6.45) is 2.84. The normalized spacial score (nSPS) is 16.9. The minimum absolute atomic E-state index is 0.210. The molecular formula is C21H23ClIN3O4. The number of H-pyrrole nitrogens is 1. The number of nitrogens with one attached hydrogen (secondary N) is 1. The van der Waals surface area contributed by atoms with E-state index in [2.05, 4.69) is 32.7 Å². The standard InChI is InChI=1S/C21H23ClIN3O4/c1-11-16(14(25-26(11)2)10-30-15-6-4-5-9-29-15)17-12(22)7-8-13-18(17)19(23)20(24-13)21(27)28-3/h7-8,15,24H,4-6,9-10H2,1-3H3. The number of hydrogen-bond donors (Lipinski definition) is 1. The fourth-order valence-corrected chi connectivity index (χ4v) is 5.00. The minimum Gasteiger partial charge on any atom is -0.464 e. The lowest BCUT2D eigenvalue weighted by atomic mass is 9.99. The molecule has 0 spiro atoms. The van der Waals surface area contributed by atoms with Gasteiger partial charge < -0.3 is 19.2 Å². The summed E-state index contributed by atoms with van der Waals surface area (Å²) < 4.78 is 19.2. The van der Waals surface area contributed by atoms with E-state index in [0.717, 1.165) is 62.9 Å². The fourth-order valence-electron chi connectivity index (χ4n) is 3.83. The monoisotopic (exact) mass is 543 g/mol. The number of aryl methyl sites for hydroxylation is 1. The number of ether oxygens (including phenoxy) is 3. The Morgan fingerprint density at radius 1 is 1.40 bits per heavy atom. The second-order valence-corrected chi connectivity index (χ2v) is 8.77. The first-order chi connectivity index (χ1) is 14.4. The Kier molecular flexibility index (Phi) is 6.38. The van der Waals surface area contributed by atoms with Crippen molar-refractivity contribution in [2.45, 2.75) is 39.1 Å². The maximum Gasteiger partial charge on any atom is 0.355 e. The molecule has 0 radical (unpaired) electrons. The number of carbonyl (C=O) groups is 1. The first kappa shape index (κ1) is 21.6. The van der Waals surface area contributed by atoms with Crippen LogP contribution in [-0.4, -0.2) is 40.7 Å².